The van der Waals surface area contributed by atoms with Crippen LogP contribution in [0.3, 0.4) is 0 Å². The first-order chi connectivity index (χ1) is 22.0. The van der Waals surface area contributed by atoms with Crippen molar-refractivity contribution in [2.24, 2.45) is 0 Å². The molecule has 0 radical (unpaired) electrons. The number of carbonyl (C=O) groups excluding carboxylic acids is 1. The zero-order valence-corrected chi connectivity index (χ0v) is 28.3. The number of benzene rings is 6. The van der Waals surface area contributed by atoms with Crippen LogP contribution < -0.4 is 0 Å². The van der Waals surface area contributed by atoms with Gasteiger partial charge in [-0.2, -0.15) is 0 Å². The first-order valence-corrected chi connectivity index (χ1v) is 16.1. The van der Waals surface area contributed by atoms with E-state index < -0.39 is 0 Å². The highest BCUT2D eigenvalue weighted by molar-refractivity contribution is 6.09. The highest BCUT2D eigenvalue weighted by atomic mass is 16.1. The summed E-state index contributed by atoms with van der Waals surface area (Å²) < 4.78 is 0. The second-order valence-electron chi connectivity index (χ2n) is 13.0. The van der Waals surface area contributed by atoms with Crippen molar-refractivity contribution < 1.29 is 4.79 Å². The van der Waals surface area contributed by atoms with Crippen LogP contribution >= 0.6 is 0 Å². The third-order valence-electron chi connectivity index (χ3n) is 9.57. The minimum Gasteiger partial charge on any atom is -0.289 e. The van der Waals surface area contributed by atoms with Crippen molar-refractivity contribution >= 4 is 5.78 Å². The first-order valence-electron chi connectivity index (χ1n) is 16.1. The fraction of sp³-hybridized carbons (Fsp3) is 0.178. The van der Waals surface area contributed by atoms with Gasteiger partial charge in [-0.15, -0.1) is 0 Å². The van der Waals surface area contributed by atoms with Gasteiger partial charge in [0, 0.05) is 11.1 Å². The van der Waals surface area contributed by atoms with Gasteiger partial charge in [0.25, 0.3) is 0 Å². The Labute approximate surface area is 274 Å². The molecule has 0 amide bonds. The van der Waals surface area contributed by atoms with Crippen molar-refractivity contribution in [2.75, 3.05) is 0 Å². The Morgan fingerprint density at radius 1 is 0.304 bits per heavy atom. The fourth-order valence-corrected chi connectivity index (χ4v) is 6.92. The van der Waals surface area contributed by atoms with E-state index in [9.17, 15) is 4.79 Å². The van der Waals surface area contributed by atoms with E-state index in [2.05, 4.69) is 140 Å². The average molecular weight is 599 g/mol. The van der Waals surface area contributed by atoms with Crippen molar-refractivity contribution in [3.63, 3.8) is 0 Å². The molecule has 6 aromatic carbocycles. The van der Waals surface area contributed by atoms with E-state index in [1.807, 2.05) is 24.3 Å². The molecule has 1 heteroatoms. The highest BCUT2D eigenvalue weighted by Gasteiger charge is 2.17. The highest BCUT2D eigenvalue weighted by Crippen LogP contribution is 2.37. The molecule has 0 saturated carbocycles. The van der Waals surface area contributed by atoms with Crippen molar-refractivity contribution in [2.45, 2.75) is 55.4 Å². The summed E-state index contributed by atoms with van der Waals surface area (Å²) >= 11 is 0. The molecule has 0 aliphatic carbocycles. The van der Waals surface area contributed by atoms with E-state index in [1.54, 1.807) is 0 Å². The predicted molar refractivity (Wildman–Crippen MR) is 196 cm³/mol. The molecule has 6 aromatic rings. The molecule has 0 heterocycles. The van der Waals surface area contributed by atoms with Crippen LogP contribution in [0.2, 0.25) is 0 Å². The molecule has 1 nitrogen and oxygen atoms in total. The third-order valence-corrected chi connectivity index (χ3v) is 9.57. The number of aryl methyl sites for hydroxylation is 8. The Kier molecular flexibility index (Phi) is 8.36. The lowest BCUT2D eigenvalue weighted by Gasteiger charge is -2.17. The van der Waals surface area contributed by atoms with Gasteiger partial charge >= 0.3 is 0 Å². The zero-order chi connectivity index (χ0) is 32.7. The van der Waals surface area contributed by atoms with Gasteiger partial charge in [-0.25, -0.2) is 0 Å². The predicted octanol–water partition coefficient (Wildman–Crippen LogP) is 12.1. The molecule has 0 bridgehead atoms. The molecular formula is C45H42O. The van der Waals surface area contributed by atoms with Crippen LogP contribution in [0.25, 0.3) is 44.5 Å². The van der Waals surface area contributed by atoms with Crippen LogP contribution in [0.5, 0.6) is 0 Å². The van der Waals surface area contributed by atoms with Crippen LogP contribution in [0.4, 0.5) is 0 Å². The van der Waals surface area contributed by atoms with Crippen LogP contribution in [-0.2, 0) is 0 Å². The summed E-state index contributed by atoms with van der Waals surface area (Å²) in [6.07, 6.45) is 0. The lowest BCUT2D eigenvalue weighted by molar-refractivity contribution is 0.103. The van der Waals surface area contributed by atoms with E-state index >= 15 is 0 Å². The van der Waals surface area contributed by atoms with Gasteiger partial charge in [0.1, 0.15) is 0 Å². The molecule has 6 rings (SSSR count). The number of hydrogen-bond acceptors (Lipinski definition) is 1. The summed E-state index contributed by atoms with van der Waals surface area (Å²) in [5.41, 5.74) is 21.0. The average Bonchev–Trinajstić information content (AvgIpc) is 3.03. The van der Waals surface area contributed by atoms with Crippen LogP contribution in [-0.4, -0.2) is 5.78 Å². The Hall–Kier alpha value is -5.01. The molecule has 46 heavy (non-hydrogen) atoms. The van der Waals surface area contributed by atoms with Crippen LogP contribution in [0, 0.1) is 55.4 Å². The minimum atomic E-state index is 0.0508. The molecule has 0 N–H and O–H groups in total. The number of hydrogen-bond donors (Lipinski definition) is 0. The summed E-state index contributed by atoms with van der Waals surface area (Å²) in [6, 6.07) is 38.6. The molecule has 0 aliphatic heterocycles. The molecule has 0 fully saturated rings. The van der Waals surface area contributed by atoms with Gasteiger partial charge < -0.3 is 0 Å². The zero-order valence-electron chi connectivity index (χ0n) is 28.3. The van der Waals surface area contributed by atoms with Gasteiger partial charge in [-0.3, -0.25) is 4.79 Å². The quantitative estimate of drug-likeness (QED) is 0.174. The smallest absolute Gasteiger partial charge is 0.193 e. The van der Waals surface area contributed by atoms with E-state index in [4.69, 9.17) is 0 Å². The summed E-state index contributed by atoms with van der Waals surface area (Å²) in [5, 5.41) is 0. The third kappa shape index (κ3) is 5.74. The van der Waals surface area contributed by atoms with Gasteiger partial charge in [0.05, 0.1) is 0 Å². The van der Waals surface area contributed by atoms with Crippen LogP contribution in [0.15, 0.2) is 109 Å². The Bertz CT molecular complexity index is 1990. The lowest BCUT2D eigenvalue weighted by atomic mass is 9.87. The van der Waals surface area contributed by atoms with Crippen molar-refractivity contribution in [1.82, 2.24) is 0 Å². The first kappa shape index (κ1) is 31.0. The second-order valence-corrected chi connectivity index (χ2v) is 13.0. The Morgan fingerprint density at radius 3 is 0.891 bits per heavy atom. The molecule has 0 saturated heterocycles. The van der Waals surface area contributed by atoms with E-state index in [-0.39, 0.29) is 5.78 Å². The molecule has 0 spiro atoms. The minimum absolute atomic E-state index is 0.0508. The van der Waals surface area contributed by atoms with Gasteiger partial charge in [-0.1, -0.05) is 97.1 Å². The van der Waals surface area contributed by atoms with E-state index in [0.717, 1.165) is 11.1 Å². The fourth-order valence-electron chi connectivity index (χ4n) is 6.92. The topological polar surface area (TPSA) is 17.1 Å². The summed E-state index contributed by atoms with van der Waals surface area (Å²) in [5.74, 6) is 0.0508. The van der Waals surface area contributed by atoms with E-state index in [0.29, 0.717) is 11.1 Å². The maximum absolute atomic E-state index is 13.8. The number of rotatable bonds is 6. The normalized spacial score (nSPS) is 11.1. The number of carbonyl (C=O) groups is 1. The summed E-state index contributed by atoms with van der Waals surface area (Å²) in [6.45, 7) is 17.3. The largest absolute Gasteiger partial charge is 0.289 e. The molecule has 0 unspecified atom stereocenters. The summed E-state index contributed by atoms with van der Waals surface area (Å²) in [4.78, 5) is 13.8. The second kappa shape index (κ2) is 12.4. The Balaban J connectivity index is 1.28. The van der Waals surface area contributed by atoms with Gasteiger partial charge in [-0.05, 0) is 157 Å². The molecular weight excluding hydrogens is 556 g/mol. The number of ketones is 1. The molecule has 0 atom stereocenters. The Morgan fingerprint density at radius 2 is 0.587 bits per heavy atom. The summed E-state index contributed by atoms with van der Waals surface area (Å²) in [7, 11) is 0. The van der Waals surface area contributed by atoms with Crippen molar-refractivity contribution in [3.8, 4) is 44.5 Å². The maximum atomic E-state index is 13.8. The van der Waals surface area contributed by atoms with Crippen molar-refractivity contribution in [3.05, 3.63) is 165 Å². The molecule has 0 aliphatic rings. The standard InChI is InChI=1S/C45H42O/c1-27-13-9-11-15-37(27)41-23-33(7)43(25-31(41)5)39-19-17-35(21-29(39)3)45(46)36-18-20-40(30(4)22-36)44-26-32(6)42(24-34(44)8)38-16-12-10-14-28(38)2/h9-26H,1-8H3. The van der Waals surface area contributed by atoms with Gasteiger partial charge in [0.2, 0.25) is 0 Å². The SMILES string of the molecule is Cc1ccccc1-c1cc(C)c(-c2ccc(C(=O)c3ccc(-c4cc(C)c(-c5ccccc5C)cc4C)c(C)c3)cc2C)cc1C. The van der Waals surface area contributed by atoms with E-state index in [1.165, 1.54) is 77.9 Å². The lowest BCUT2D eigenvalue weighted by Crippen LogP contribution is -2.03. The van der Waals surface area contributed by atoms with Crippen LogP contribution in [0.1, 0.15) is 60.4 Å². The monoisotopic (exact) mass is 598 g/mol. The van der Waals surface area contributed by atoms with Crippen molar-refractivity contribution in [1.29, 1.82) is 0 Å². The maximum Gasteiger partial charge on any atom is 0.193 e. The molecule has 228 valence electrons. The van der Waals surface area contributed by atoms with Gasteiger partial charge in [0.15, 0.2) is 5.78 Å². The molecule has 0 aromatic heterocycles.